The number of nitrogens with zero attached hydrogens (tertiary/aromatic N) is 1. The van der Waals surface area contributed by atoms with E-state index in [1.54, 1.807) is 12.1 Å². The number of benzene rings is 1. The summed E-state index contributed by atoms with van der Waals surface area (Å²) in [4.78, 5) is 14.3. The van der Waals surface area contributed by atoms with Crippen molar-refractivity contribution < 1.29 is 22.7 Å². The molecule has 0 spiro atoms. The third-order valence-electron chi connectivity index (χ3n) is 2.52. The van der Waals surface area contributed by atoms with Gasteiger partial charge in [0.1, 0.15) is 17.2 Å². The van der Waals surface area contributed by atoms with Gasteiger partial charge in [-0.1, -0.05) is 0 Å². The minimum Gasteiger partial charge on any atom is -0.457 e. The van der Waals surface area contributed by atoms with E-state index in [4.69, 9.17) is 4.74 Å². The highest BCUT2D eigenvalue weighted by atomic mass is 19.4. The lowest BCUT2D eigenvalue weighted by molar-refractivity contribution is -0.141. The molecule has 6 heteroatoms. The number of carbonyl (C=O) groups is 1. The summed E-state index contributed by atoms with van der Waals surface area (Å²) in [5.74, 6) is 0.275. The maximum atomic E-state index is 12.5. The molecule has 0 bridgehead atoms. The van der Waals surface area contributed by atoms with Crippen LogP contribution in [0.5, 0.6) is 11.5 Å². The van der Waals surface area contributed by atoms with Crippen molar-refractivity contribution in [2.24, 2.45) is 0 Å². The van der Waals surface area contributed by atoms with E-state index < -0.39 is 11.9 Å². The fourth-order valence-corrected chi connectivity index (χ4v) is 1.52. The Bertz CT molecular complexity index is 621. The summed E-state index contributed by atoms with van der Waals surface area (Å²) in [6.45, 7) is 1.42. The molecule has 104 valence electrons. The van der Waals surface area contributed by atoms with Gasteiger partial charge in [0.15, 0.2) is 5.78 Å². The topological polar surface area (TPSA) is 39.2 Å². The third kappa shape index (κ3) is 3.34. The van der Waals surface area contributed by atoms with Gasteiger partial charge >= 0.3 is 6.18 Å². The van der Waals surface area contributed by atoms with Gasteiger partial charge in [-0.3, -0.25) is 9.78 Å². The Balaban J connectivity index is 2.20. The molecule has 0 saturated carbocycles. The van der Waals surface area contributed by atoms with Crippen molar-refractivity contribution in [2.75, 3.05) is 0 Å². The van der Waals surface area contributed by atoms with Crippen LogP contribution >= 0.6 is 0 Å². The average Bonchev–Trinajstić information content (AvgIpc) is 2.38. The van der Waals surface area contributed by atoms with E-state index in [1.165, 1.54) is 25.1 Å². The molecule has 0 atom stereocenters. The molecule has 0 aliphatic rings. The van der Waals surface area contributed by atoms with Crippen molar-refractivity contribution in [3.05, 3.63) is 53.9 Å². The van der Waals surface area contributed by atoms with E-state index in [0.717, 1.165) is 12.3 Å². The third-order valence-corrected chi connectivity index (χ3v) is 2.52. The van der Waals surface area contributed by atoms with Crippen molar-refractivity contribution in [1.29, 1.82) is 0 Å². The highest BCUT2D eigenvalue weighted by molar-refractivity contribution is 5.94. The molecular weight excluding hydrogens is 271 g/mol. The minimum absolute atomic E-state index is 0.0305. The number of rotatable bonds is 3. The minimum atomic E-state index is -4.52. The van der Waals surface area contributed by atoms with Crippen molar-refractivity contribution >= 4 is 5.78 Å². The predicted molar refractivity (Wildman–Crippen MR) is 65.8 cm³/mol. The van der Waals surface area contributed by atoms with Gasteiger partial charge < -0.3 is 4.74 Å². The van der Waals surface area contributed by atoms with Gasteiger partial charge in [-0.15, -0.1) is 0 Å². The van der Waals surface area contributed by atoms with Crippen LogP contribution in [0.3, 0.4) is 0 Å². The molecule has 1 aromatic heterocycles. The number of pyridine rings is 1. The van der Waals surface area contributed by atoms with E-state index in [0.29, 0.717) is 11.3 Å². The van der Waals surface area contributed by atoms with Crippen LogP contribution in [-0.4, -0.2) is 10.8 Å². The lowest BCUT2D eigenvalue weighted by atomic mass is 10.1. The van der Waals surface area contributed by atoms with Crippen molar-refractivity contribution in [1.82, 2.24) is 4.98 Å². The SMILES string of the molecule is CC(=O)c1ccc(Oc2ccnc(C(F)(F)F)c2)cc1. The van der Waals surface area contributed by atoms with Gasteiger partial charge in [0.25, 0.3) is 0 Å². The quantitative estimate of drug-likeness (QED) is 0.795. The standard InChI is InChI=1S/C14H10F3NO2/c1-9(19)10-2-4-11(5-3-10)20-12-6-7-18-13(8-12)14(15,16)17/h2-8H,1H3. The predicted octanol–water partition coefficient (Wildman–Crippen LogP) is 4.10. The first kappa shape index (κ1) is 14.0. The van der Waals surface area contributed by atoms with Gasteiger partial charge in [-0.05, 0) is 37.3 Å². The number of hydrogen-bond acceptors (Lipinski definition) is 3. The van der Waals surface area contributed by atoms with Crippen LogP contribution in [0.4, 0.5) is 13.2 Å². The van der Waals surface area contributed by atoms with Crippen LogP contribution in [0.1, 0.15) is 23.0 Å². The van der Waals surface area contributed by atoms with Crippen LogP contribution in [-0.2, 0) is 6.18 Å². The highest BCUT2D eigenvalue weighted by Gasteiger charge is 2.32. The molecule has 2 rings (SSSR count). The first-order valence-electron chi connectivity index (χ1n) is 5.68. The zero-order chi connectivity index (χ0) is 14.8. The monoisotopic (exact) mass is 281 g/mol. The largest absolute Gasteiger partial charge is 0.457 e. The summed E-state index contributed by atoms with van der Waals surface area (Å²) in [6, 6.07) is 8.27. The second-order valence-electron chi connectivity index (χ2n) is 4.06. The van der Waals surface area contributed by atoms with Gasteiger partial charge in [0, 0.05) is 17.8 Å². The van der Waals surface area contributed by atoms with Crippen LogP contribution in [0, 0.1) is 0 Å². The zero-order valence-electron chi connectivity index (χ0n) is 10.4. The molecule has 0 aliphatic heterocycles. The van der Waals surface area contributed by atoms with Crippen molar-refractivity contribution in [2.45, 2.75) is 13.1 Å². The number of Topliss-reactive ketones (excluding diaryl/α,β-unsaturated/α-hetero) is 1. The zero-order valence-corrected chi connectivity index (χ0v) is 10.4. The molecule has 0 radical (unpaired) electrons. The lowest BCUT2D eigenvalue weighted by Crippen LogP contribution is -2.07. The van der Waals surface area contributed by atoms with E-state index >= 15 is 0 Å². The normalized spacial score (nSPS) is 11.2. The van der Waals surface area contributed by atoms with Gasteiger partial charge in [-0.25, -0.2) is 0 Å². The first-order valence-corrected chi connectivity index (χ1v) is 5.68. The summed E-state index contributed by atoms with van der Waals surface area (Å²) in [5.41, 5.74) is -0.515. The Morgan fingerprint density at radius 1 is 1.10 bits per heavy atom. The van der Waals surface area contributed by atoms with Gasteiger partial charge in [0.05, 0.1) is 0 Å². The smallest absolute Gasteiger partial charge is 0.433 e. The van der Waals surface area contributed by atoms with Crippen LogP contribution in [0.15, 0.2) is 42.6 Å². The Morgan fingerprint density at radius 3 is 2.30 bits per heavy atom. The average molecular weight is 281 g/mol. The molecule has 0 amide bonds. The summed E-state index contributed by atoms with van der Waals surface area (Å²) < 4.78 is 42.8. The van der Waals surface area contributed by atoms with Gasteiger partial charge in [0.2, 0.25) is 0 Å². The number of hydrogen-bond donors (Lipinski definition) is 0. The maximum absolute atomic E-state index is 12.5. The van der Waals surface area contributed by atoms with Gasteiger partial charge in [-0.2, -0.15) is 13.2 Å². The molecule has 0 N–H and O–H groups in total. The molecule has 3 nitrogen and oxygen atoms in total. The number of ether oxygens (including phenoxy) is 1. The molecule has 0 aliphatic carbocycles. The number of ketones is 1. The summed E-state index contributed by atoms with van der Waals surface area (Å²) in [5, 5.41) is 0. The second kappa shape index (κ2) is 5.32. The maximum Gasteiger partial charge on any atom is 0.433 e. The molecule has 20 heavy (non-hydrogen) atoms. The van der Waals surface area contributed by atoms with E-state index in [-0.39, 0.29) is 11.5 Å². The fraction of sp³-hybridized carbons (Fsp3) is 0.143. The van der Waals surface area contributed by atoms with Crippen molar-refractivity contribution in [3.8, 4) is 11.5 Å². The molecule has 0 fully saturated rings. The number of aromatic nitrogens is 1. The Kier molecular flexibility index (Phi) is 3.74. The van der Waals surface area contributed by atoms with Crippen LogP contribution in [0.2, 0.25) is 0 Å². The van der Waals surface area contributed by atoms with E-state index in [9.17, 15) is 18.0 Å². The Labute approximate surface area is 113 Å². The molecule has 2 aromatic rings. The molecule has 1 aromatic carbocycles. The second-order valence-corrected chi connectivity index (χ2v) is 4.06. The highest BCUT2D eigenvalue weighted by Crippen LogP contribution is 2.31. The van der Waals surface area contributed by atoms with E-state index in [2.05, 4.69) is 4.98 Å². The number of carbonyl (C=O) groups excluding carboxylic acids is 1. The molecular formula is C14H10F3NO2. The molecule has 0 unspecified atom stereocenters. The Morgan fingerprint density at radius 2 is 1.75 bits per heavy atom. The number of alkyl halides is 3. The lowest BCUT2D eigenvalue weighted by Gasteiger charge is -2.09. The molecule has 1 heterocycles. The summed E-state index contributed by atoms with van der Waals surface area (Å²) >= 11 is 0. The summed E-state index contributed by atoms with van der Waals surface area (Å²) in [6.07, 6.45) is -3.49. The van der Waals surface area contributed by atoms with E-state index in [1.807, 2.05) is 0 Å². The fourth-order valence-electron chi connectivity index (χ4n) is 1.52. The Hall–Kier alpha value is -2.37. The van der Waals surface area contributed by atoms with Crippen LogP contribution in [0.25, 0.3) is 0 Å². The number of halogens is 3. The first-order chi connectivity index (χ1) is 9.36. The van der Waals surface area contributed by atoms with Crippen molar-refractivity contribution in [3.63, 3.8) is 0 Å². The van der Waals surface area contributed by atoms with Crippen LogP contribution < -0.4 is 4.74 Å². The summed E-state index contributed by atoms with van der Waals surface area (Å²) in [7, 11) is 0. The molecule has 0 saturated heterocycles.